The lowest BCUT2D eigenvalue weighted by Gasteiger charge is -2.18. The summed E-state index contributed by atoms with van der Waals surface area (Å²) in [5, 5.41) is 11.3. The van der Waals surface area contributed by atoms with E-state index < -0.39 is 18.0 Å². The summed E-state index contributed by atoms with van der Waals surface area (Å²) < 4.78 is 5.86. The van der Waals surface area contributed by atoms with Crippen molar-refractivity contribution in [2.24, 2.45) is 0 Å². The van der Waals surface area contributed by atoms with Crippen LogP contribution in [0.1, 0.15) is 31.7 Å². The summed E-state index contributed by atoms with van der Waals surface area (Å²) in [4.78, 5) is 34.0. The quantitative estimate of drug-likeness (QED) is 0.636. The van der Waals surface area contributed by atoms with Crippen molar-refractivity contribution in [2.45, 2.75) is 38.6 Å². The smallest absolute Gasteiger partial charge is 0.307 e. The number of aliphatic carboxylic acids is 1. The number of carboxylic acid groups (broad SMARTS) is 1. The van der Waals surface area contributed by atoms with Crippen molar-refractivity contribution in [3.63, 3.8) is 0 Å². The minimum atomic E-state index is -1.03. The highest BCUT2D eigenvalue weighted by Crippen LogP contribution is 2.13. The zero-order chi connectivity index (χ0) is 17.2. The number of carboxylic acids is 1. The second kappa shape index (κ2) is 9.99. The van der Waals surface area contributed by atoms with Crippen molar-refractivity contribution in [2.75, 3.05) is 6.61 Å². The molecule has 0 aliphatic carbocycles. The maximum atomic E-state index is 11.8. The van der Waals surface area contributed by atoms with Crippen LogP contribution in [0.15, 0.2) is 28.7 Å². The highest BCUT2D eigenvalue weighted by Gasteiger charge is 2.18. The maximum Gasteiger partial charge on any atom is 0.307 e. The molecule has 0 bridgehead atoms. The highest BCUT2D eigenvalue weighted by molar-refractivity contribution is 9.10. The van der Waals surface area contributed by atoms with Gasteiger partial charge in [0.2, 0.25) is 5.91 Å². The fourth-order valence-corrected chi connectivity index (χ4v) is 2.28. The van der Waals surface area contributed by atoms with E-state index in [1.165, 1.54) is 0 Å². The van der Waals surface area contributed by atoms with Crippen LogP contribution in [-0.4, -0.2) is 35.6 Å². The van der Waals surface area contributed by atoms with Gasteiger partial charge in [-0.2, -0.15) is 0 Å². The fourth-order valence-electron chi connectivity index (χ4n) is 2.02. The summed E-state index contributed by atoms with van der Waals surface area (Å²) in [7, 11) is 0. The molecule has 1 unspecified atom stereocenters. The predicted molar refractivity (Wildman–Crippen MR) is 87.9 cm³/mol. The Kier molecular flexibility index (Phi) is 8.32. The molecule has 0 aliphatic rings. The van der Waals surface area contributed by atoms with E-state index in [1.807, 2.05) is 24.3 Å². The topological polar surface area (TPSA) is 92.7 Å². The predicted octanol–water partition coefficient (Wildman–Crippen LogP) is 2.29. The zero-order valence-corrected chi connectivity index (χ0v) is 14.5. The van der Waals surface area contributed by atoms with E-state index >= 15 is 0 Å². The summed E-state index contributed by atoms with van der Waals surface area (Å²) in [6.07, 6.45) is 0.152. The van der Waals surface area contributed by atoms with Crippen LogP contribution in [0.25, 0.3) is 0 Å². The van der Waals surface area contributed by atoms with Crippen LogP contribution in [0.3, 0.4) is 0 Å². The van der Waals surface area contributed by atoms with Gasteiger partial charge in [0.1, 0.15) is 0 Å². The van der Waals surface area contributed by atoms with E-state index in [0.717, 1.165) is 10.0 Å². The van der Waals surface area contributed by atoms with Gasteiger partial charge in [0.15, 0.2) is 0 Å². The highest BCUT2D eigenvalue weighted by atomic mass is 79.9. The van der Waals surface area contributed by atoms with Crippen molar-refractivity contribution in [1.82, 2.24) is 5.32 Å². The van der Waals surface area contributed by atoms with Crippen LogP contribution in [0.2, 0.25) is 0 Å². The first-order chi connectivity index (χ1) is 10.9. The number of carbonyl (C=O) groups excluding carboxylic acids is 2. The maximum absolute atomic E-state index is 11.8. The lowest BCUT2D eigenvalue weighted by molar-refractivity contribution is -0.144. The van der Waals surface area contributed by atoms with Crippen molar-refractivity contribution in [3.05, 3.63) is 34.3 Å². The van der Waals surface area contributed by atoms with Crippen molar-refractivity contribution in [3.8, 4) is 0 Å². The number of hydrogen-bond donors (Lipinski definition) is 2. The number of hydrogen-bond acceptors (Lipinski definition) is 4. The second-order valence-electron chi connectivity index (χ2n) is 5.00. The van der Waals surface area contributed by atoms with Gasteiger partial charge in [-0.3, -0.25) is 14.4 Å². The molecule has 1 atom stereocenters. The summed E-state index contributed by atoms with van der Waals surface area (Å²) in [6, 6.07) is 7.11. The van der Waals surface area contributed by atoms with Gasteiger partial charge in [-0.15, -0.1) is 0 Å². The van der Waals surface area contributed by atoms with Crippen LogP contribution >= 0.6 is 15.9 Å². The fraction of sp³-hybridized carbons (Fsp3) is 0.438. The molecule has 1 aromatic rings. The molecule has 0 heterocycles. The lowest BCUT2D eigenvalue weighted by atomic mass is 10.0. The molecule has 0 saturated heterocycles. The average Bonchev–Trinajstić information content (AvgIpc) is 2.47. The average molecular weight is 386 g/mol. The Balaban J connectivity index is 2.67. The Morgan fingerprint density at radius 3 is 2.43 bits per heavy atom. The van der Waals surface area contributed by atoms with Gasteiger partial charge in [0, 0.05) is 16.9 Å². The van der Waals surface area contributed by atoms with Gasteiger partial charge >= 0.3 is 11.9 Å². The number of halogens is 1. The van der Waals surface area contributed by atoms with E-state index in [4.69, 9.17) is 9.84 Å². The number of ether oxygens (including phenoxy) is 1. The van der Waals surface area contributed by atoms with Gasteiger partial charge < -0.3 is 15.2 Å². The first-order valence-corrected chi connectivity index (χ1v) is 8.11. The molecule has 2 N–H and O–H groups in total. The number of rotatable bonds is 9. The number of esters is 1. The van der Waals surface area contributed by atoms with E-state index in [-0.39, 0.29) is 31.8 Å². The molecule has 0 radical (unpaired) electrons. The number of benzene rings is 1. The van der Waals surface area contributed by atoms with E-state index in [0.29, 0.717) is 6.42 Å². The van der Waals surface area contributed by atoms with Gasteiger partial charge in [-0.05, 0) is 31.0 Å². The molecule has 1 rings (SSSR count). The molecule has 1 aromatic carbocycles. The van der Waals surface area contributed by atoms with E-state index in [2.05, 4.69) is 21.2 Å². The molecule has 23 heavy (non-hydrogen) atoms. The van der Waals surface area contributed by atoms with Crippen LogP contribution in [0.5, 0.6) is 0 Å². The number of nitrogens with one attached hydrogen (secondary N) is 1. The largest absolute Gasteiger partial charge is 0.481 e. The molecule has 1 amide bonds. The summed E-state index contributed by atoms with van der Waals surface area (Å²) in [5.74, 6) is -1.82. The summed E-state index contributed by atoms with van der Waals surface area (Å²) in [6.45, 7) is 1.99. The third-order valence-corrected chi connectivity index (χ3v) is 3.57. The SMILES string of the molecule is CCOC(=O)CC(Cc1ccc(Br)cc1)NC(=O)CCC(=O)O. The molecular weight excluding hydrogens is 366 g/mol. The van der Waals surface area contributed by atoms with Crippen LogP contribution in [0.4, 0.5) is 0 Å². The van der Waals surface area contributed by atoms with Gasteiger partial charge in [0.25, 0.3) is 0 Å². The van der Waals surface area contributed by atoms with E-state index in [9.17, 15) is 14.4 Å². The first kappa shape index (κ1) is 19.2. The third kappa shape index (κ3) is 8.35. The van der Waals surface area contributed by atoms with Crippen molar-refractivity contribution >= 4 is 33.8 Å². The molecule has 6 nitrogen and oxygen atoms in total. The van der Waals surface area contributed by atoms with Crippen LogP contribution < -0.4 is 5.32 Å². The Morgan fingerprint density at radius 2 is 1.87 bits per heavy atom. The monoisotopic (exact) mass is 385 g/mol. The molecule has 126 valence electrons. The standard InChI is InChI=1S/C16H20BrNO5/c1-2-23-16(22)10-13(18-14(19)7-8-15(20)21)9-11-3-5-12(17)6-4-11/h3-6,13H,2,7-10H2,1H3,(H,18,19)(H,20,21). The van der Waals surface area contributed by atoms with Crippen molar-refractivity contribution < 1.29 is 24.2 Å². The number of carbonyl (C=O) groups is 3. The van der Waals surface area contributed by atoms with E-state index in [1.54, 1.807) is 6.92 Å². The Hall–Kier alpha value is -1.89. The molecule has 0 aliphatic heterocycles. The molecule has 0 saturated carbocycles. The Morgan fingerprint density at radius 1 is 1.22 bits per heavy atom. The van der Waals surface area contributed by atoms with Gasteiger partial charge in [0.05, 0.1) is 19.4 Å². The van der Waals surface area contributed by atoms with Crippen LogP contribution in [0, 0.1) is 0 Å². The van der Waals surface area contributed by atoms with Crippen molar-refractivity contribution in [1.29, 1.82) is 0 Å². The molecule has 0 aromatic heterocycles. The normalized spacial score (nSPS) is 11.6. The Labute approximate surface area is 143 Å². The Bertz CT molecular complexity index is 544. The summed E-state index contributed by atoms with van der Waals surface area (Å²) in [5.41, 5.74) is 0.959. The minimum Gasteiger partial charge on any atom is -0.481 e. The lowest BCUT2D eigenvalue weighted by Crippen LogP contribution is -2.38. The number of amides is 1. The molecule has 0 spiro atoms. The van der Waals surface area contributed by atoms with Gasteiger partial charge in [-0.25, -0.2) is 0 Å². The first-order valence-electron chi connectivity index (χ1n) is 7.32. The zero-order valence-electron chi connectivity index (χ0n) is 12.9. The molecular formula is C16H20BrNO5. The molecule has 0 fully saturated rings. The second-order valence-corrected chi connectivity index (χ2v) is 5.91. The van der Waals surface area contributed by atoms with Gasteiger partial charge in [-0.1, -0.05) is 28.1 Å². The minimum absolute atomic E-state index is 0.0444. The third-order valence-electron chi connectivity index (χ3n) is 3.04. The summed E-state index contributed by atoms with van der Waals surface area (Å²) >= 11 is 3.35. The van der Waals surface area contributed by atoms with Crippen LogP contribution in [-0.2, 0) is 25.5 Å². The molecule has 7 heteroatoms.